The van der Waals surface area contributed by atoms with Gasteiger partial charge in [-0.2, -0.15) is 0 Å². The second-order valence-electron chi connectivity index (χ2n) is 3.79. The minimum atomic E-state index is -0.696. The van der Waals surface area contributed by atoms with E-state index < -0.39 is 17.0 Å². The van der Waals surface area contributed by atoms with Gasteiger partial charge in [-0.05, 0) is 24.1 Å². The fourth-order valence-electron chi connectivity index (χ4n) is 1.73. The Morgan fingerprint density at radius 3 is 2.06 bits per heavy atom. The summed E-state index contributed by atoms with van der Waals surface area (Å²) in [6.45, 7) is 0. The highest BCUT2D eigenvalue weighted by Gasteiger charge is 2.17. The largest absolute Gasteiger partial charge is 0.207 e. The van der Waals surface area contributed by atoms with Crippen molar-refractivity contribution in [2.75, 3.05) is 0 Å². The Labute approximate surface area is 104 Å². The minimum Gasteiger partial charge on any atom is -0.207 e. The molecule has 17 heavy (non-hydrogen) atoms. The van der Waals surface area contributed by atoms with Crippen LogP contribution in [-0.2, 0) is 6.42 Å². The Balaban J connectivity index is 2.23. The van der Waals surface area contributed by atoms with Crippen LogP contribution < -0.4 is 0 Å². The standard InChI is InChI=1S/C14H11ClF2/c15-11(9-10-5-2-1-3-6-10)14-12(16)7-4-8-13(14)17/h1-8,11H,9H2. The number of halogens is 3. The second-order valence-corrected chi connectivity index (χ2v) is 4.32. The molecule has 2 aromatic rings. The summed E-state index contributed by atoms with van der Waals surface area (Å²) in [5.74, 6) is -1.19. The average molecular weight is 253 g/mol. The van der Waals surface area contributed by atoms with Gasteiger partial charge in [0.15, 0.2) is 0 Å². The van der Waals surface area contributed by atoms with Gasteiger partial charge in [-0.1, -0.05) is 36.4 Å². The normalized spacial score (nSPS) is 12.4. The van der Waals surface area contributed by atoms with Gasteiger partial charge in [0.2, 0.25) is 0 Å². The summed E-state index contributed by atoms with van der Waals surface area (Å²) in [7, 11) is 0. The van der Waals surface area contributed by atoms with Crippen LogP contribution in [0.25, 0.3) is 0 Å². The van der Waals surface area contributed by atoms with Crippen LogP contribution in [0.3, 0.4) is 0 Å². The molecule has 0 nitrogen and oxygen atoms in total. The van der Waals surface area contributed by atoms with Crippen molar-refractivity contribution in [1.29, 1.82) is 0 Å². The van der Waals surface area contributed by atoms with Gasteiger partial charge < -0.3 is 0 Å². The van der Waals surface area contributed by atoms with Crippen LogP contribution in [0, 0.1) is 11.6 Å². The minimum absolute atomic E-state index is 0.0574. The smallest absolute Gasteiger partial charge is 0.130 e. The molecule has 0 heterocycles. The van der Waals surface area contributed by atoms with Gasteiger partial charge in [0.25, 0.3) is 0 Å². The van der Waals surface area contributed by atoms with Crippen molar-refractivity contribution in [3.63, 3.8) is 0 Å². The number of hydrogen-bond acceptors (Lipinski definition) is 0. The van der Waals surface area contributed by atoms with Gasteiger partial charge in [0, 0.05) is 5.56 Å². The summed E-state index contributed by atoms with van der Waals surface area (Å²) in [6, 6.07) is 13.2. The highest BCUT2D eigenvalue weighted by Crippen LogP contribution is 2.29. The number of alkyl halides is 1. The van der Waals surface area contributed by atoms with Crippen LogP contribution in [0.2, 0.25) is 0 Å². The zero-order valence-corrected chi connectivity index (χ0v) is 9.79. The highest BCUT2D eigenvalue weighted by atomic mass is 35.5. The molecule has 0 aliphatic heterocycles. The van der Waals surface area contributed by atoms with E-state index in [1.807, 2.05) is 30.3 Å². The van der Waals surface area contributed by atoms with Crippen LogP contribution in [0.1, 0.15) is 16.5 Å². The first-order chi connectivity index (χ1) is 8.18. The Kier molecular flexibility index (Phi) is 3.75. The molecule has 0 bridgehead atoms. The van der Waals surface area contributed by atoms with Gasteiger partial charge >= 0.3 is 0 Å². The second kappa shape index (κ2) is 5.28. The van der Waals surface area contributed by atoms with E-state index in [9.17, 15) is 8.78 Å². The van der Waals surface area contributed by atoms with Crippen molar-refractivity contribution in [3.8, 4) is 0 Å². The molecule has 0 fully saturated rings. The molecule has 2 aromatic carbocycles. The number of hydrogen-bond donors (Lipinski definition) is 0. The first-order valence-electron chi connectivity index (χ1n) is 5.30. The molecule has 3 heteroatoms. The molecule has 2 rings (SSSR count). The quantitative estimate of drug-likeness (QED) is 0.706. The fourth-order valence-corrected chi connectivity index (χ4v) is 2.12. The monoisotopic (exact) mass is 252 g/mol. The first kappa shape index (κ1) is 12.1. The molecule has 0 aliphatic rings. The lowest BCUT2D eigenvalue weighted by molar-refractivity contribution is 0.551. The van der Waals surface area contributed by atoms with Crippen molar-refractivity contribution in [2.45, 2.75) is 11.8 Å². The summed E-state index contributed by atoms with van der Waals surface area (Å²) in [4.78, 5) is 0. The molecule has 0 N–H and O–H groups in total. The van der Waals surface area contributed by atoms with Crippen LogP contribution in [0.15, 0.2) is 48.5 Å². The molecule has 88 valence electrons. The Hall–Kier alpha value is -1.41. The predicted molar refractivity (Wildman–Crippen MR) is 65.1 cm³/mol. The maximum Gasteiger partial charge on any atom is 0.130 e. The van der Waals surface area contributed by atoms with Crippen molar-refractivity contribution in [1.82, 2.24) is 0 Å². The summed E-state index contributed by atoms with van der Waals surface area (Å²) >= 11 is 6.07. The molecule has 0 aliphatic carbocycles. The zero-order valence-electron chi connectivity index (χ0n) is 9.04. The Morgan fingerprint density at radius 2 is 1.47 bits per heavy atom. The molecule has 0 radical (unpaired) electrons. The van der Waals surface area contributed by atoms with Crippen molar-refractivity contribution < 1.29 is 8.78 Å². The third-order valence-corrected chi connectivity index (χ3v) is 2.94. The topological polar surface area (TPSA) is 0 Å². The molecular formula is C14H11ClF2. The summed E-state index contributed by atoms with van der Waals surface area (Å²) < 4.78 is 27.0. The zero-order chi connectivity index (χ0) is 12.3. The lowest BCUT2D eigenvalue weighted by Crippen LogP contribution is -2.02. The third kappa shape index (κ3) is 2.83. The molecule has 0 saturated heterocycles. The predicted octanol–water partition coefficient (Wildman–Crippen LogP) is 4.49. The van der Waals surface area contributed by atoms with E-state index in [1.165, 1.54) is 18.2 Å². The van der Waals surface area contributed by atoms with Gasteiger partial charge in [0.05, 0.1) is 5.38 Å². The van der Waals surface area contributed by atoms with Crippen molar-refractivity contribution in [2.24, 2.45) is 0 Å². The van der Waals surface area contributed by atoms with Crippen LogP contribution in [0.4, 0.5) is 8.78 Å². The highest BCUT2D eigenvalue weighted by molar-refractivity contribution is 6.21. The van der Waals surface area contributed by atoms with E-state index in [0.29, 0.717) is 6.42 Å². The third-order valence-electron chi connectivity index (χ3n) is 2.57. The Bertz CT molecular complexity index is 477. The van der Waals surface area contributed by atoms with Crippen LogP contribution in [-0.4, -0.2) is 0 Å². The fraction of sp³-hybridized carbons (Fsp3) is 0.143. The number of rotatable bonds is 3. The van der Waals surface area contributed by atoms with Crippen molar-refractivity contribution in [3.05, 3.63) is 71.3 Å². The molecule has 0 amide bonds. The average Bonchev–Trinajstić information content (AvgIpc) is 2.30. The summed E-state index contributed by atoms with van der Waals surface area (Å²) in [6.07, 6.45) is 0.403. The summed E-state index contributed by atoms with van der Waals surface area (Å²) in [5, 5.41) is -0.696. The van der Waals surface area contributed by atoms with E-state index in [1.54, 1.807) is 0 Å². The molecular weight excluding hydrogens is 242 g/mol. The van der Waals surface area contributed by atoms with E-state index >= 15 is 0 Å². The maximum absolute atomic E-state index is 13.5. The number of benzene rings is 2. The molecule has 0 spiro atoms. The summed E-state index contributed by atoms with van der Waals surface area (Å²) in [5.41, 5.74) is 0.896. The van der Waals surface area contributed by atoms with Crippen LogP contribution >= 0.6 is 11.6 Å². The van der Waals surface area contributed by atoms with Crippen LogP contribution in [0.5, 0.6) is 0 Å². The van der Waals surface area contributed by atoms with E-state index in [-0.39, 0.29) is 5.56 Å². The lowest BCUT2D eigenvalue weighted by Gasteiger charge is -2.11. The first-order valence-corrected chi connectivity index (χ1v) is 5.74. The van der Waals surface area contributed by atoms with E-state index in [4.69, 9.17) is 11.6 Å². The lowest BCUT2D eigenvalue weighted by atomic mass is 10.0. The van der Waals surface area contributed by atoms with E-state index in [2.05, 4.69) is 0 Å². The molecule has 1 unspecified atom stereocenters. The molecule has 0 saturated carbocycles. The Morgan fingerprint density at radius 1 is 0.882 bits per heavy atom. The molecule has 1 atom stereocenters. The maximum atomic E-state index is 13.5. The van der Waals surface area contributed by atoms with Gasteiger partial charge in [0.1, 0.15) is 11.6 Å². The van der Waals surface area contributed by atoms with Gasteiger partial charge in [-0.3, -0.25) is 0 Å². The van der Waals surface area contributed by atoms with Crippen molar-refractivity contribution >= 4 is 11.6 Å². The SMILES string of the molecule is Fc1cccc(F)c1C(Cl)Cc1ccccc1. The van der Waals surface area contributed by atoms with E-state index in [0.717, 1.165) is 5.56 Å². The van der Waals surface area contributed by atoms with Gasteiger partial charge in [-0.25, -0.2) is 8.78 Å². The van der Waals surface area contributed by atoms with Gasteiger partial charge in [-0.15, -0.1) is 11.6 Å². The molecule has 0 aromatic heterocycles.